The summed E-state index contributed by atoms with van der Waals surface area (Å²) in [6.45, 7) is 4.95. The van der Waals surface area contributed by atoms with E-state index in [1.807, 2.05) is 0 Å². The summed E-state index contributed by atoms with van der Waals surface area (Å²) in [6, 6.07) is 8.37. The summed E-state index contributed by atoms with van der Waals surface area (Å²) in [5, 5.41) is 6.43. The maximum Gasteiger partial charge on any atom is 0.195 e. The summed E-state index contributed by atoms with van der Waals surface area (Å²) < 4.78 is 0. The summed E-state index contributed by atoms with van der Waals surface area (Å²) in [7, 11) is 2.09. The van der Waals surface area contributed by atoms with Crippen molar-refractivity contribution in [1.82, 2.24) is 5.32 Å². The third kappa shape index (κ3) is 4.27. The molecule has 4 nitrogen and oxygen atoms in total. The molecule has 6 heteroatoms. The van der Waals surface area contributed by atoms with Crippen molar-refractivity contribution in [1.29, 1.82) is 0 Å². The van der Waals surface area contributed by atoms with E-state index < -0.39 is 0 Å². The molecular weight excluding hydrogens is 271 g/mol. The molecule has 0 unspecified atom stereocenters. The van der Waals surface area contributed by atoms with Gasteiger partial charge in [-0.2, -0.15) is 0 Å². The zero-order valence-electron chi connectivity index (χ0n) is 10.6. The minimum atomic E-state index is 0. The van der Waals surface area contributed by atoms with E-state index in [9.17, 15) is 0 Å². The van der Waals surface area contributed by atoms with Gasteiger partial charge < -0.3 is 15.5 Å². The Balaban J connectivity index is 0.00000144. The SMILES string of the molecule is CCN(C)c1ccc(NC2=NCCN2)cc1.Cl.Cl. The van der Waals surface area contributed by atoms with Crippen molar-refractivity contribution in [2.45, 2.75) is 6.92 Å². The van der Waals surface area contributed by atoms with Crippen molar-refractivity contribution in [3.8, 4) is 0 Å². The van der Waals surface area contributed by atoms with E-state index in [-0.39, 0.29) is 24.8 Å². The highest BCUT2D eigenvalue weighted by Crippen LogP contribution is 2.16. The monoisotopic (exact) mass is 290 g/mol. The van der Waals surface area contributed by atoms with Gasteiger partial charge in [-0.1, -0.05) is 0 Å². The zero-order chi connectivity index (χ0) is 11.4. The van der Waals surface area contributed by atoms with Gasteiger partial charge in [0, 0.05) is 31.5 Å². The number of benzene rings is 1. The van der Waals surface area contributed by atoms with Crippen LogP contribution < -0.4 is 15.5 Å². The summed E-state index contributed by atoms with van der Waals surface area (Å²) in [5.41, 5.74) is 2.30. The molecule has 0 saturated carbocycles. The van der Waals surface area contributed by atoms with Crippen LogP contribution in [-0.4, -0.2) is 32.6 Å². The fourth-order valence-corrected chi connectivity index (χ4v) is 1.60. The van der Waals surface area contributed by atoms with Gasteiger partial charge in [-0.15, -0.1) is 24.8 Å². The Morgan fingerprint density at radius 3 is 2.44 bits per heavy atom. The molecular formula is C12H20Cl2N4. The average Bonchev–Trinajstić information content (AvgIpc) is 2.82. The molecule has 1 aliphatic rings. The van der Waals surface area contributed by atoms with Gasteiger partial charge >= 0.3 is 0 Å². The van der Waals surface area contributed by atoms with Crippen molar-refractivity contribution in [3.05, 3.63) is 24.3 Å². The summed E-state index contributed by atoms with van der Waals surface area (Å²) in [6.07, 6.45) is 0. The molecule has 0 radical (unpaired) electrons. The molecule has 18 heavy (non-hydrogen) atoms. The highest BCUT2D eigenvalue weighted by atomic mass is 35.5. The van der Waals surface area contributed by atoms with Gasteiger partial charge in [-0.3, -0.25) is 4.99 Å². The van der Waals surface area contributed by atoms with Gasteiger partial charge in [0.25, 0.3) is 0 Å². The van der Waals surface area contributed by atoms with Crippen LogP contribution in [0.2, 0.25) is 0 Å². The van der Waals surface area contributed by atoms with Gasteiger partial charge in [-0.05, 0) is 31.2 Å². The normalized spacial score (nSPS) is 12.7. The number of nitrogens with one attached hydrogen (secondary N) is 2. The van der Waals surface area contributed by atoms with Gasteiger partial charge in [-0.25, -0.2) is 0 Å². The highest BCUT2D eigenvalue weighted by molar-refractivity contribution is 5.94. The summed E-state index contributed by atoms with van der Waals surface area (Å²) >= 11 is 0. The van der Waals surface area contributed by atoms with E-state index in [1.165, 1.54) is 5.69 Å². The van der Waals surface area contributed by atoms with E-state index in [4.69, 9.17) is 0 Å². The molecule has 0 saturated heterocycles. The summed E-state index contributed by atoms with van der Waals surface area (Å²) in [4.78, 5) is 6.49. The molecule has 0 amide bonds. The van der Waals surface area contributed by atoms with Crippen LogP contribution in [0.4, 0.5) is 11.4 Å². The Hall–Kier alpha value is -1.13. The lowest BCUT2D eigenvalue weighted by atomic mass is 10.2. The minimum Gasteiger partial charge on any atom is -0.375 e. The topological polar surface area (TPSA) is 39.7 Å². The Kier molecular flexibility index (Phi) is 7.55. The fraction of sp³-hybridized carbons (Fsp3) is 0.417. The van der Waals surface area contributed by atoms with Crippen LogP contribution in [0.25, 0.3) is 0 Å². The van der Waals surface area contributed by atoms with Crippen LogP contribution in [0.3, 0.4) is 0 Å². The van der Waals surface area contributed by atoms with E-state index in [2.05, 4.69) is 58.8 Å². The molecule has 2 N–H and O–H groups in total. The molecule has 0 aromatic heterocycles. The molecule has 0 aliphatic carbocycles. The van der Waals surface area contributed by atoms with Crippen molar-refractivity contribution in [3.63, 3.8) is 0 Å². The van der Waals surface area contributed by atoms with Crippen molar-refractivity contribution in [2.75, 3.05) is 36.9 Å². The standard InChI is InChI=1S/C12H18N4.2ClH/c1-3-16(2)11-6-4-10(5-7-11)15-12-13-8-9-14-12;;/h4-7H,3,8-9H2,1-2H3,(H2,13,14,15);2*1H. The molecule has 2 rings (SSSR count). The first-order valence-electron chi connectivity index (χ1n) is 5.66. The lowest BCUT2D eigenvalue weighted by Gasteiger charge is -2.17. The molecule has 1 aromatic carbocycles. The van der Waals surface area contributed by atoms with Crippen molar-refractivity contribution in [2.24, 2.45) is 4.99 Å². The number of rotatable bonds is 3. The smallest absolute Gasteiger partial charge is 0.195 e. The van der Waals surface area contributed by atoms with Crippen LogP contribution in [-0.2, 0) is 0 Å². The maximum absolute atomic E-state index is 4.29. The van der Waals surface area contributed by atoms with Crippen LogP contribution in [0.1, 0.15) is 6.92 Å². The highest BCUT2D eigenvalue weighted by Gasteiger charge is 2.04. The number of hydrogen-bond acceptors (Lipinski definition) is 4. The van der Waals surface area contributed by atoms with E-state index in [0.29, 0.717) is 0 Å². The van der Waals surface area contributed by atoms with E-state index in [1.54, 1.807) is 0 Å². The first-order valence-corrected chi connectivity index (χ1v) is 5.66. The number of hydrogen-bond donors (Lipinski definition) is 2. The third-order valence-electron chi connectivity index (χ3n) is 2.72. The summed E-state index contributed by atoms with van der Waals surface area (Å²) in [5.74, 6) is 0.872. The Morgan fingerprint density at radius 2 is 1.94 bits per heavy atom. The van der Waals surface area contributed by atoms with Crippen LogP contribution in [0.15, 0.2) is 29.3 Å². The Bertz CT molecular complexity index is 378. The van der Waals surface area contributed by atoms with Gasteiger partial charge in [0.15, 0.2) is 5.96 Å². The molecule has 1 aliphatic heterocycles. The number of anilines is 2. The number of nitrogens with zero attached hydrogens (tertiary/aromatic N) is 2. The Labute approximate surface area is 121 Å². The molecule has 1 heterocycles. The lowest BCUT2D eigenvalue weighted by molar-refractivity contribution is 0.959. The van der Waals surface area contributed by atoms with Gasteiger partial charge in [0.1, 0.15) is 0 Å². The zero-order valence-corrected chi connectivity index (χ0v) is 12.3. The predicted octanol–water partition coefficient (Wildman–Crippen LogP) is 2.36. The first kappa shape index (κ1) is 16.9. The number of halogens is 2. The molecule has 0 atom stereocenters. The lowest BCUT2D eigenvalue weighted by Crippen LogP contribution is -2.26. The maximum atomic E-state index is 4.29. The molecule has 1 aromatic rings. The fourth-order valence-electron chi connectivity index (χ4n) is 1.60. The van der Waals surface area contributed by atoms with Gasteiger partial charge in [0.05, 0.1) is 6.54 Å². The molecule has 0 bridgehead atoms. The van der Waals surface area contributed by atoms with Crippen LogP contribution >= 0.6 is 24.8 Å². The number of guanidine groups is 1. The van der Waals surface area contributed by atoms with Crippen LogP contribution in [0.5, 0.6) is 0 Å². The largest absolute Gasteiger partial charge is 0.375 e. The van der Waals surface area contributed by atoms with Gasteiger partial charge in [0.2, 0.25) is 0 Å². The molecule has 0 fully saturated rings. The van der Waals surface area contributed by atoms with Crippen molar-refractivity contribution >= 4 is 42.1 Å². The molecule has 102 valence electrons. The van der Waals surface area contributed by atoms with E-state index >= 15 is 0 Å². The second-order valence-corrected chi connectivity index (χ2v) is 3.84. The van der Waals surface area contributed by atoms with Crippen molar-refractivity contribution < 1.29 is 0 Å². The second-order valence-electron chi connectivity index (χ2n) is 3.84. The van der Waals surface area contributed by atoms with E-state index in [0.717, 1.165) is 31.3 Å². The first-order chi connectivity index (χ1) is 7.79. The third-order valence-corrected chi connectivity index (χ3v) is 2.72. The average molecular weight is 291 g/mol. The predicted molar refractivity (Wildman–Crippen MR) is 83.8 cm³/mol. The Morgan fingerprint density at radius 1 is 1.28 bits per heavy atom. The minimum absolute atomic E-state index is 0. The second kappa shape index (κ2) is 8.06. The van der Waals surface area contributed by atoms with Crippen LogP contribution in [0, 0.1) is 0 Å². The number of aliphatic imine (C=N–C) groups is 1. The molecule has 0 spiro atoms. The quantitative estimate of drug-likeness (QED) is 0.898.